The molecule has 1 saturated heterocycles. The molecule has 2 heterocycles. The molecule has 4 heteroatoms. The van der Waals surface area contributed by atoms with Gasteiger partial charge in [0.2, 0.25) is 5.91 Å². The first-order valence-electron chi connectivity index (χ1n) is 6.81. The molecule has 1 fully saturated rings. The van der Waals surface area contributed by atoms with Gasteiger partial charge in [0.1, 0.15) is 0 Å². The van der Waals surface area contributed by atoms with Crippen LogP contribution >= 0.6 is 0 Å². The zero-order chi connectivity index (χ0) is 12.8. The van der Waals surface area contributed by atoms with Crippen LogP contribution in [-0.4, -0.2) is 30.4 Å². The minimum atomic E-state index is -0.110. The van der Waals surface area contributed by atoms with Gasteiger partial charge in [-0.1, -0.05) is 12.8 Å². The van der Waals surface area contributed by atoms with E-state index >= 15 is 0 Å². The van der Waals surface area contributed by atoms with Crippen molar-refractivity contribution in [3.05, 3.63) is 24.2 Å². The van der Waals surface area contributed by atoms with Gasteiger partial charge in [-0.25, -0.2) is 0 Å². The zero-order valence-electron chi connectivity index (χ0n) is 10.8. The van der Waals surface area contributed by atoms with E-state index in [2.05, 4.69) is 0 Å². The second-order valence-electron chi connectivity index (χ2n) is 5.01. The number of nitrogens with zero attached hydrogens (tertiary/aromatic N) is 1. The first kappa shape index (κ1) is 13.1. The summed E-state index contributed by atoms with van der Waals surface area (Å²) in [6.45, 7) is 2.18. The number of rotatable bonds is 4. The van der Waals surface area contributed by atoms with Crippen molar-refractivity contribution in [3.63, 3.8) is 0 Å². The van der Waals surface area contributed by atoms with E-state index in [0.717, 1.165) is 31.5 Å². The molecule has 0 aromatic carbocycles. The van der Waals surface area contributed by atoms with E-state index in [1.54, 1.807) is 12.5 Å². The van der Waals surface area contributed by atoms with Gasteiger partial charge in [-0.05, 0) is 30.9 Å². The van der Waals surface area contributed by atoms with Crippen LogP contribution in [0.5, 0.6) is 0 Å². The third-order valence-corrected chi connectivity index (χ3v) is 3.61. The van der Waals surface area contributed by atoms with Gasteiger partial charge in [-0.2, -0.15) is 0 Å². The van der Waals surface area contributed by atoms with Crippen molar-refractivity contribution in [1.82, 2.24) is 4.90 Å². The molecule has 2 N–H and O–H groups in total. The van der Waals surface area contributed by atoms with Crippen molar-refractivity contribution < 1.29 is 9.21 Å². The molecule has 1 amide bonds. The highest BCUT2D eigenvalue weighted by molar-refractivity contribution is 5.79. The molecule has 0 saturated carbocycles. The summed E-state index contributed by atoms with van der Waals surface area (Å²) in [6, 6.07) is 1.90. The van der Waals surface area contributed by atoms with Gasteiger partial charge in [0.25, 0.3) is 0 Å². The van der Waals surface area contributed by atoms with Crippen LogP contribution < -0.4 is 5.73 Å². The van der Waals surface area contributed by atoms with Crippen molar-refractivity contribution in [2.75, 3.05) is 19.6 Å². The summed E-state index contributed by atoms with van der Waals surface area (Å²) in [7, 11) is 0. The molecule has 1 unspecified atom stereocenters. The summed E-state index contributed by atoms with van der Waals surface area (Å²) in [5, 5.41) is 0. The van der Waals surface area contributed by atoms with E-state index in [1.165, 1.54) is 12.8 Å². The average molecular weight is 250 g/mol. The molecule has 1 aromatic rings. The second kappa shape index (κ2) is 6.59. The van der Waals surface area contributed by atoms with Gasteiger partial charge in [-0.3, -0.25) is 4.79 Å². The van der Waals surface area contributed by atoms with Crippen LogP contribution in [0.1, 0.15) is 31.2 Å². The Morgan fingerprint density at radius 1 is 1.33 bits per heavy atom. The molecule has 1 aromatic heterocycles. The topological polar surface area (TPSA) is 59.5 Å². The van der Waals surface area contributed by atoms with Crippen LogP contribution in [0.4, 0.5) is 0 Å². The average Bonchev–Trinajstić information content (AvgIpc) is 2.75. The van der Waals surface area contributed by atoms with Crippen LogP contribution in [0.2, 0.25) is 0 Å². The van der Waals surface area contributed by atoms with Crippen LogP contribution in [-0.2, 0) is 11.2 Å². The van der Waals surface area contributed by atoms with Gasteiger partial charge in [0.05, 0.1) is 18.4 Å². The van der Waals surface area contributed by atoms with Crippen molar-refractivity contribution in [1.29, 1.82) is 0 Å². The predicted molar refractivity (Wildman–Crippen MR) is 70.0 cm³/mol. The molecular formula is C14H22N2O2. The molecule has 0 spiro atoms. The number of furan rings is 1. The Balaban J connectivity index is 1.95. The maximum absolute atomic E-state index is 12.4. The summed E-state index contributed by atoms with van der Waals surface area (Å²) in [5.74, 6) is 0.0984. The third kappa shape index (κ3) is 3.35. The van der Waals surface area contributed by atoms with Crippen molar-refractivity contribution in [2.45, 2.75) is 32.1 Å². The van der Waals surface area contributed by atoms with E-state index in [1.807, 2.05) is 11.0 Å². The Morgan fingerprint density at radius 2 is 2.06 bits per heavy atom. The molecule has 18 heavy (non-hydrogen) atoms. The first-order valence-corrected chi connectivity index (χ1v) is 6.81. The lowest BCUT2D eigenvalue weighted by Gasteiger charge is -2.25. The highest BCUT2D eigenvalue weighted by Gasteiger charge is 2.24. The van der Waals surface area contributed by atoms with Crippen LogP contribution in [0.3, 0.4) is 0 Å². The highest BCUT2D eigenvalue weighted by Crippen LogP contribution is 2.15. The number of hydrogen-bond donors (Lipinski definition) is 1. The number of nitrogens with two attached hydrogens (primary N) is 1. The Morgan fingerprint density at radius 3 is 2.61 bits per heavy atom. The van der Waals surface area contributed by atoms with Crippen LogP contribution in [0.25, 0.3) is 0 Å². The lowest BCUT2D eigenvalue weighted by molar-refractivity contribution is -0.135. The van der Waals surface area contributed by atoms with Gasteiger partial charge in [0.15, 0.2) is 0 Å². The SMILES string of the molecule is NCC(Cc1ccoc1)C(=O)N1CCCCCC1. The summed E-state index contributed by atoms with van der Waals surface area (Å²) in [6.07, 6.45) is 8.72. The molecule has 0 aliphatic carbocycles. The fourth-order valence-corrected chi connectivity index (χ4v) is 2.51. The summed E-state index contributed by atoms with van der Waals surface area (Å²) >= 11 is 0. The third-order valence-electron chi connectivity index (χ3n) is 3.61. The maximum atomic E-state index is 12.4. The lowest BCUT2D eigenvalue weighted by Crippen LogP contribution is -2.40. The Hall–Kier alpha value is -1.29. The number of carbonyl (C=O) groups excluding carboxylic acids is 1. The molecule has 100 valence electrons. The molecule has 0 bridgehead atoms. The monoisotopic (exact) mass is 250 g/mol. The number of amides is 1. The van der Waals surface area contributed by atoms with Gasteiger partial charge >= 0.3 is 0 Å². The van der Waals surface area contributed by atoms with Crippen molar-refractivity contribution in [2.24, 2.45) is 11.7 Å². The van der Waals surface area contributed by atoms with Crippen LogP contribution in [0, 0.1) is 5.92 Å². The first-order chi connectivity index (χ1) is 8.81. The predicted octanol–water partition coefficient (Wildman–Crippen LogP) is 1.80. The highest BCUT2D eigenvalue weighted by atomic mass is 16.3. The number of likely N-dealkylation sites (tertiary alicyclic amines) is 1. The quantitative estimate of drug-likeness (QED) is 0.886. The molecule has 1 atom stereocenters. The molecule has 2 rings (SSSR count). The largest absolute Gasteiger partial charge is 0.472 e. The van der Waals surface area contributed by atoms with Crippen LogP contribution in [0.15, 0.2) is 23.0 Å². The fourth-order valence-electron chi connectivity index (χ4n) is 2.51. The van der Waals surface area contributed by atoms with E-state index in [9.17, 15) is 4.79 Å². The fraction of sp³-hybridized carbons (Fsp3) is 0.643. The second-order valence-corrected chi connectivity index (χ2v) is 5.01. The normalized spacial score (nSPS) is 18.4. The number of carbonyl (C=O) groups is 1. The lowest BCUT2D eigenvalue weighted by atomic mass is 10.00. The molecule has 1 aliphatic rings. The van der Waals surface area contributed by atoms with E-state index in [4.69, 9.17) is 10.2 Å². The Labute approximate surface area is 108 Å². The van der Waals surface area contributed by atoms with E-state index in [-0.39, 0.29) is 11.8 Å². The zero-order valence-corrected chi connectivity index (χ0v) is 10.8. The molecular weight excluding hydrogens is 228 g/mol. The molecule has 1 aliphatic heterocycles. The summed E-state index contributed by atoms with van der Waals surface area (Å²) < 4.78 is 5.04. The van der Waals surface area contributed by atoms with Crippen molar-refractivity contribution >= 4 is 5.91 Å². The van der Waals surface area contributed by atoms with Gasteiger partial charge in [0, 0.05) is 19.6 Å². The maximum Gasteiger partial charge on any atom is 0.227 e. The Bertz CT molecular complexity index is 354. The van der Waals surface area contributed by atoms with E-state index < -0.39 is 0 Å². The minimum Gasteiger partial charge on any atom is -0.472 e. The minimum absolute atomic E-state index is 0.110. The molecule has 4 nitrogen and oxygen atoms in total. The standard InChI is InChI=1S/C14H22N2O2/c15-10-13(9-12-5-8-18-11-12)14(17)16-6-3-1-2-4-7-16/h5,8,11,13H,1-4,6-7,9-10,15H2. The Kier molecular flexibility index (Phi) is 4.81. The molecule has 0 radical (unpaired) electrons. The van der Waals surface area contributed by atoms with E-state index in [0.29, 0.717) is 13.0 Å². The summed E-state index contributed by atoms with van der Waals surface area (Å²) in [4.78, 5) is 14.4. The van der Waals surface area contributed by atoms with Crippen molar-refractivity contribution in [3.8, 4) is 0 Å². The van der Waals surface area contributed by atoms with Gasteiger partial charge in [-0.15, -0.1) is 0 Å². The smallest absolute Gasteiger partial charge is 0.227 e. The van der Waals surface area contributed by atoms with Gasteiger partial charge < -0.3 is 15.1 Å². The number of hydrogen-bond acceptors (Lipinski definition) is 3. The summed E-state index contributed by atoms with van der Waals surface area (Å²) in [5.41, 5.74) is 6.81.